The molecule has 0 radical (unpaired) electrons. The van der Waals surface area contributed by atoms with Crippen LogP contribution < -0.4 is 5.32 Å². The summed E-state index contributed by atoms with van der Waals surface area (Å²) in [6.07, 6.45) is 4.86. The first-order chi connectivity index (χ1) is 8.27. The molecule has 0 bridgehead atoms. The Hall–Kier alpha value is -2.44. The van der Waals surface area contributed by atoms with E-state index in [9.17, 15) is 4.79 Å². The van der Waals surface area contributed by atoms with E-state index >= 15 is 0 Å². The topological polar surface area (TPSA) is 92.9 Å². The second-order valence-corrected chi connectivity index (χ2v) is 3.29. The van der Waals surface area contributed by atoms with Gasteiger partial charge in [-0.05, 0) is 12.1 Å². The minimum absolute atomic E-state index is 0.112. The molecule has 0 fully saturated rings. The molecule has 0 atom stereocenters. The van der Waals surface area contributed by atoms with Crippen molar-refractivity contribution in [1.29, 1.82) is 0 Å². The van der Waals surface area contributed by atoms with E-state index < -0.39 is 5.97 Å². The van der Waals surface area contributed by atoms with Gasteiger partial charge in [-0.15, -0.1) is 5.10 Å². The van der Waals surface area contributed by atoms with Crippen molar-refractivity contribution in [2.45, 2.75) is 6.54 Å². The maximum Gasteiger partial charge on any atom is 0.339 e. The van der Waals surface area contributed by atoms with Gasteiger partial charge < -0.3 is 10.4 Å². The van der Waals surface area contributed by atoms with Crippen LogP contribution in [-0.4, -0.2) is 37.6 Å². The average Bonchev–Trinajstić information content (AvgIpc) is 2.82. The maximum atomic E-state index is 10.9. The normalized spacial score (nSPS) is 10.1. The lowest BCUT2D eigenvalue weighted by atomic mass is 10.3. The Labute approximate surface area is 97.1 Å². The van der Waals surface area contributed by atoms with Gasteiger partial charge in [-0.25, -0.2) is 4.79 Å². The molecule has 7 nitrogen and oxygen atoms in total. The summed E-state index contributed by atoms with van der Waals surface area (Å²) in [5, 5.41) is 23.3. The van der Waals surface area contributed by atoms with Gasteiger partial charge in [0.05, 0.1) is 12.7 Å². The number of aromatic carboxylic acids is 1. The van der Waals surface area contributed by atoms with Crippen LogP contribution in [0.15, 0.2) is 30.7 Å². The molecule has 0 unspecified atom stereocenters. The first-order valence-corrected chi connectivity index (χ1v) is 5.03. The number of rotatable bonds is 5. The van der Waals surface area contributed by atoms with Gasteiger partial charge in [0.1, 0.15) is 5.56 Å². The van der Waals surface area contributed by atoms with Crippen LogP contribution >= 0.6 is 0 Å². The molecule has 0 aliphatic carbocycles. The molecule has 0 spiro atoms. The number of hydrogen-bond acceptors (Lipinski definition) is 5. The molecule has 17 heavy (non-hydrogen) atoms. The van der Waals surface area contributed by atoms with Crippen LogP contribution in [0, 0.1) is 0 Å². The lowest BCUT2D eigenvalue weighted by Gasteiger charge is -2.07. The first-order valence-electron chi connectivity index (χ1n) is 5.03. The Morgan fingerprint density at radius 2 is 2.35 bits per heavy atom. The van der Waals surface area contributed by atoms with E-state index in [0.717, 1.165) is 0 Å². The predicted octanol–water partition coefficient (Wildman–Crippen LogP) is 0.483. The van der Waals surface area contributed by atoms with Gasteiger partial charge in [-0.3, -0.25) is 4.68 Å². The van der Waals surface area contributed by atoms with E-state index in [2.05, 4.69) is 20.6 Å². The fourth-order valence-corrected chi connectivity index (χ4v) is 1.36. The number of carbonyl (C=O) groups is 1. The van der Waals surface area contributed by atoms with Crippen molar-refractivity contribution in [3.8, 4) is 0 Å². The smallest absolute Gasteiger partial charge is 0.339 e. The van der Waals surface area contributed by atoms with Crippen molar-refractivity contribution < 1.29 is 9.90 Å². The summed E-state index contributed by atoms with van der Waals surface area (Å²) in [4.78, 5) is 10.9. The van der Waals surface area contributed by atoms with Crippen LogP contribution in [0.25, 0.3) is 0 Å². The number of carboxylic acid groups (broad SMARTS) is 1. The van der Waals surface area contributed by atoms with Gasteiger partial charge in [-0.1, -0.05) is 0 Å². The summed E-state index contributed by atoms with van der Waals surface area (Å²) in [7, 11) is 0. The van der Waals surface area contributed by atoms with E-state index in [4.69, 9.17) is 5.11 Å². The Morgan fingerprint density at radius 3 is 3.06 bits per heavy atom. The molecule has 0 aliphatic heterocycles. The number of nitrogens with one attached hydrogen (secondary N) is 1. The summed E-state index contributed by atoms with van der Waals surface area (Å²) in [6.45, 7) is 1.16. The average molecular weight is 233 g/mol. The Bertz CT molecular complexity index is 497. The molecule has 88 valence electrons. The highest BCUT2D eigenvalue weighted by Gasteiger charge is 2.10. The van der Waals surface area contributed by atoms with Crippen LogP contribution in [-0.2, 0) is 6.54 Å². The number of anilines is 1. The third-order valence-corrected chi connectivity index (χ3v) is 2.14. The van der Waals surface area contributed by atoms with Crippen LogP contribution in [0.4, 0.5) is 5.82 Å². The molecule has 0 amide bonds. The summed E-state index contributed by atoms with van der Waals surface area (Å²) in [5.74, 6) is -0.756. The lowest BCUT2D eigenvalue weighted by molar-refractivity contribution is 0.0697. The second kappa shape index (κ2) is 5.06. The maximum absolute atomic E-state index is 10.9. The van der Waals surface area contributed by atoms with Gasteiger partial charge in [0.25, 0.3) is 0 Å². The van der Waals surface area contributed by atoms with Crippen molar-refractivity contribution in [2.75, 3.05) is 11.9 Å². The molecule has 0 aliphatic rings. The van der Waals surface area contributed by atoms with Crippen molar-refractivity contribution in [1.82, 2.24) is 20.0 Å². The molecule has 2 rings (SSSR count). The molecule has 2 aromatic heterocycles. The molecular formula is C10H11N5O2. The fourth-order valence-electron chi connectivity index (χ4n) is 1.36. The van der Waals surface area contributed by atoms with Crippen LogP contribution in [0.1, 0.15) is 10.4 Å². The largest absolute Gasteiger partial charge is 0.478 e. The molecule has 7 heteroatoms. The molecule has 2 aromatic rings. The SMILES string of the molecule is O=C(O)c1ccnnc1NCCn1cccn1. The van der Waals surface area contributed by atoms with E-state index in [1.54, 1.807) is 10.9 Å². The van der Waals surface area contributed by atoms with E-state index in [1.165, 1.54) is 12.3 Å². The zero-order valence-electron chi connectivity index (χ0n) is 8.95. The summed E-state index contributed by atoms with van der Waals surface area (Å²) in [5.41, 5.74) is 0.112. The van der Waals surface area contributed by atoms with Crippen molar-refractivity contribution in [2.24, 2.45) is 0 Å². The zero-order chi connectivity index (χ0) is 12.1. The summed E-state index contributed by atoms with van der Waals surface area (Å²) >= 11 is 0. The minimum atomic E-state index is -1.03. The molecular weight excluding hydrogens is 222 g/mol. The van der Waals surface area contributed by atoms with Crippen molar-refractivity contribution in [3.05, 3.63) is 36.3 Å². The third kappa shape index (κ3) is 2.77. The third-order valence-electron chi connectivity index (χ3n) is 2.14. The molecule has 2 N–H and O–H groups in total. The lowest BCUT2D eigenvalue weighted by Crippen LogP contribution is -2.14. The Morgan fingerprint density at radius 1 is 1.47 bits per heavy atom. The van der Waals surface area contributed by atoms with Gasteiger partial charge in [0, 0.05) is 18.9 Å². The van der Waals surface area contributed by atoms with Crippen LogP contribution in [0.3, 0.4) is 0 Å². The van der Waals surface area contributed by atoms with Crippen molar-refractivity contribution >= 4 is 11.8 Å². The predicted molar refractivity (Wildman–Crippen MR) is 59.7 cm³/mol. The molecule has 0 saturated carbocycles. The fraction of sp³-hybridized carbons (Fsp3) is 0.200. The van der Waals surface area contributed by atoms with E-state index in [0.29, 0.717) is 13.1 Å². The quantitative estimate of drug-likeness (QED) is 0.780. The molecule has 2 heterocycles. The minimum Gasteiger partial charge on any atom is -0.478 e. The highest BCUT2D eigenvalue weighted by Crippen LogP contribution is 2.09. The summed E-state index contributed by atoms with van der Waals surface area (Å²) in [6, 6.07) is 3.23. The molecule has 0 aromatic carbocycles. The first kappa shape index (κ1) is 11.1. The Balaban J connectivity index is 1.97. The number of hydrogen-bond donors (Lipinski definition) is 2. The van der Waals surface area contributed by atoms with Gasteiger partial charge in [0.2, 0.25) is 0 Å². The van der Waals surface area contributed by atoms with Gasteiger partial charge >= 0.3 is 5.97 Å². The van der Waals surface area contributed by atoms with Gasteiger partial charge in [-0.2, -0.15) is 10.2 Å². The highest BCUT2D eigenvalue weighted by molar-refractivity contribution is 5.92. The number of carboxylic acids is 1. The standard InChI is InChI=1S/C10H11N5O2/c16-10(17)8-2-4-12-14-9(8)11-5-7-15-6-1-3-13-15/h1-4,6H,5,7H2,(H,11,14)(H,16,17). The zero-order valence-corrected chi connectivity index (χ0v) is 8.95. The molecule has 0 saturated heterocycles. The number of nitrogens with zero attached hydrogens (tertiary/aromatic N) is 4. The Kier molecular flexibility index (Phi) is 3.29. The number of aromatic nitrogens is 4. The second-order valence-electron chi connectivity index (χ2n) is 3.29. The van der Waals surface area contributed by atoms with E-state index in [-0.39, 0.29) is 11.4 Å². The van der Waals surface area contributed by atoms with Crippen LogP contribution in [0.5, 0.6) is 0 Å². The van der Waals surface area contributed by atoms with E-state index in [1.807, 2.05) is 12.3 Å². The van der Waals surface area contributed by atoms with Crippen molar-refractivity contribution in [3.63, 3.8) is 0 Å². The monoisotopic (exact) mass is 233 g/mol. The van der Waals surface area contributed by atoms with Gasteiger partial charge in [0.15, 0.2) is 5.82 Å². The van der Waals surface area contributed by atoms with Crippen LogP contribution in [0.2, 0.25) is 0 Å². The highest BCUT2D eigenvalue weighted by atomic mass is 16.4. The summed E-state index contributed by atoms with van der Waals surface area (Å²) < 4.78 is 1.74.